The van der Waals surface area contributed by atoms with Gasteiger partial charge in [-0.25, -0.2) is 18.4 Å². The first-order chi connectivity index (χ1) is 11.9. The van der Waals surface area contributed by atoms with E-state index < -0.39 is 16.0 Å². The monoisotopic (exact) mass is 371 g/mol. The summed E-state index contributed by atoms with van der Waals surface area (Å²) < 4.78 is 29.1. The zero-order chi connectivity index (χ0) is 18.3. The quantitative estimate of drug-likeness (QED) is 0.601. The smallest absolute Gasteiger partial charge is 0.308 e. The molecule has 1 aromatic rings. The van der Waals surface area contributed by atoms with Gasteiger partial charge in [0.1, 0.15) is 0 Å². The third-order valence-corrected chi connectivity index (χ3v) is 4.90. The molecule has 11 heteroatoms. The maximum absolute atomic E-state index is 12.0. The molecule has 1 amide bonds. The second-order valence-electron chi connectivity index (χ2n) is 5.45. The van der Waals surface area contributed by atoms with Crippen LogP contribution in [0.1, 0.15) is 6.42 Å². The summed E-state index contributed by atoms with van der Waals surface area (Å²) in [6.07, 6.45) is 4.37. The van der Waals surface area contributed by atoms with Crippen molar-refractivity contribution in [3.05, 3.63) is 18.5 Å². The Bertz CT molecular complexity index is 689. The summed E-state index contributed by atoms with van der Waals surface area (Å²) in [6.45, 7) is 1.02. The largest absolute Gasteiger partial charge is 0.456 e. The van der Waals surface area contributed by atoms with Crippen LogP contribution in [0.5, 0.6) is 0 Å². The maximum atomic E-state index is 12.0. The number of nitrogens with one attached hydrogen (secondary N) is 1. The molecule has 1 saturated heterocycles. The van der Waals surface area contributed by atoms with Crippen molar-refractivity contribution in [2.75, 3.05) is 50.9 Å². The lowest BCUT2D eigenvalue weighted by molar-refractivity contribution is -0.152. The number of ether oxygens (including phenoxy) is 1. The molecule has 138 valence electrons. The van der Waals surface area contributed by atoms with E-state index in [-0.39, 0.29) is 45.1 Å². The molecule has 0 aliphatic carbocycles. The number of amides is 1. The molecule has 0 saturated carbocycles. The molecule has 1 aromatic heterocycles. The van der Waals surface area contributed by atoms with Crippen LogP contribution in [0.25, 0.3) is 0 Å². The summed E-state index contributed by atoms with van der Waals surface area (Å²) in [5, 5.41) is 2.86. The number of sulfonamides is 1. The normalized spacial score (nSPS) is 15.6. The summed E-state index contributed by atoms with van der Waals surface area (Å²) in [7, 11) is -3.24. The van der Waals surface area contributed by atoms with E-state index in [0.29, 0.717) is 12.5 Å². The van der Waals surface area contributed by atoms with Gasteiger partial charge in [-0.15, -0.1) is 0 Å². The molecule has 0 atom stereocenters. The molecular weight excluding hydrogens is 350 g/mol. The van der Waals surface area contributed by atoms with Gasteiger partial charge in [0.05, 0.1) is 12.7 Å². The highest BCUT2D eigenvalue weighted by Gasteiger charge is 2.26. The van der Waals surface area contributed by atoms with Gasteiger partial charge in [-0.05, 0) is 6.07 Å². The van der Waals surface area contributed by atoms with Crippen molar-refractivity contribution in [3.8, 4) is 0 Å². The highest BCUT2D eigenvalue weighted by Crippen LogP contribution is 2.06. The maximum Gasteiger partial charge on any atom is 0.308 e. The Balaban J connectivity index is 1.64. The van der Waals surface area contributed by atoms with Crippen LogP contribution in [0.15, 0.2) is 18.5 Å². The summed E-state index contributed by atoms with van der Waals surface area (Å²) in [5.74, 6) is -0.428. The fraction of sp³-hybridized carbons (Fsp3) is 0.571. The molecule has 0 aromatic carbocycles. The molecule has 25 heavy (non-hydrogen) atoms. The minimum absolute atomic E-state index is 0.0768. The van der Waals surface area contributed by atoms with Gasteiger partial charge in [-0.1, -0.05) is 0 Å². The fourth-order valence-corrected chi connectivity index (χ4v) is 3.07. The van der Waals surface area contributed by atoms with E-state index in [1.807, 2.05) is 0 Å². The standard InChI is InChI=1S/C14H21N5O5S/c1-25(22,23)19-9-7-18(8-10-19)12(20)11-24-13(21)3-6-17-14-15-4-2-5-16-14/h2,4-5H,3,6-11H2,1H3,(H,15,16,17). The number of carbonyl (C=O) groups is 2. The fourth-order valence-electron chi connectivity index (χ4n) is 2.24. The Hall–Kier alpha value is -2.27. The van der Waals surface area contributed by atoms with Crippen LogP contribution in [0.3, 0.4) is 0 Å². The van der Waals surface area contributed by atoms with Crippen molar-refractivity contribution in [1.29, 1.82) is 0 Å². The predicted octanol–water partition coefficient (Wildman–Crippen LogP) is -1.07. The first kappa shape index (κ1) is 19.1. The Morgan fingerprint density at radius 1 is 1.20 bits per heavy atom. The minimum atomic E-state index is -3.24. The van der Waals surface area contributed by atoms with Crippen molar-refractivity contribution < 1.29 is 22.7 Å². The zero-order valence-electron chi connectivity index (χ0n) is 13.9. The molecule has 1 aliphatic heterocycles. The molecular formula is C14H21N5O5S. The van der Waals surface area contributed by atoms with Gasteiger partial charge in [0.25, 0.3) is 5.91 Å². The molecule has 10 nitrogen and oxygen atoms in total. The van der Waals surface area contributed by atoms with Gasteiger partial charge in [0.2, 0.25) is 16.0 Å². The van der Waals surface area contributed by atoms with E-state index >= 15 is 0 Å². The number of esters is 1. The molecule has 0 radical (unpaired) electrons. The van der Waals surface area contributed by atoms with Crippen LogP contribution in [0.4, 0.5) is 5.95 Å². The molecule has 0 spiro atoms. The molecule has 1 N–H and O–H groups in total. The van der Waals surface area contributed by atoms with Crippen LogP contribution < -0.4 is 5.32 Å². The van der Waals surface area contributed by atoms with Crippen LogP contribution in [0.2, 0.25) is 0 Å². The minimum Gasteiger partial charge on any atom is -0.456 e. The first-order valence-corrected chi connectivity index (χ1v) is 9.60. The number of anilines is 1. The summed E-state index contributed by atoms with van der Waals surface area (Å²) in [6, 6.07) is 1.68. The lowest BCUT2D eigenvalue weighted by atomic mass is 10.3. The SMILES string of the molecule is CS(=O)(=O)N1CCN(C(=O)COC(=O)CCNc2ncccn2)CC1. The van der Waals surface area contributed by atoms with Gasteiger partial charge in [-0.3, -0.25) is 9.59 Å². The average Bonchev–Trinajstić information content (AvgIpc) is 2.60. The lowest BCUT2D eigenvalue weighted by Gasteiger charge is -2.33. The average molecular weight is 371 g/mol. The Morgan fingerprint density at radius 3 is 2.44 bits per heavy atom. The first-order valence-electron chi connectivity index (χ1n) is 7.75. The second-order valence-corrected chi connectivity index (χ2v) is 7.44. The van der Waals surface area contributed by atoms with Gasteiger partial charge < -0.3 is 15.0 Å². The molecule has 0 bridgehead atoms. The molecule has 2 heterocycles. The highest BCUT2D eigenvalue weighted by atomic mass is 32.2. The third-order valence-electron chi connectivity index (χ3n) is 3.60. The van der Waals surface area contributed by atoms with E-state index in [1.165, 1.54) is 9.21 Å². The number of rotatable bonds is 7. The molecule has 1 aliphatic rings. The Kier molecular flexibility index (Phi) is 6.65. The second kappa shape index (κ2) is 8.72. The van der Waals surface area contributed by atoms with Crippen LogP contribution in [-0.2, 0) is 24.3 Å². The van der Waals surface area contributed by atoms with Crippen LogP contribution in [0, 0.1) is 0 Å². The van der Waals surface area contributed by atoms with Crippen molar-refractivity contribution in [1.82, 2.24) is 19.2 Å². The van der Waals surface area contributed by atoms with Gasteiger partial charge in [-0.2, -0.15) is 4.31 Å². The van der Waals surface area contributed by atoms with Gasteiger partial charge >= 0.3 is 5.97 Å². The van der Waals surface area contributed by atoms with Crippen molar-refractivity contribution in [2.24, 2.45) is 0 Å². The number of piperazine rings is 1. The van der Waals surface area contributed by atoms with Crippen molar-refractivity contribution in [3.63, 3.8) is 0 Å². The lowest BCUT2D eigenvalue weighted by Crippen LogP contribution is -2.51. The van der Waals surface area contributed by atoms with E-state index in [2.05, 4.69) is 15.3 Å². The van der Waals surface area contributed by atoms with E-state index in [4.69, 9.17) is 4.74 Å². The summed E-state index contributed by atoms with van der Waals surface area (Å²) in [4.78, 5) is 33.0. The number of carbonyl (C=O) groups excluding carboxylic acids is 2. The van der Waals surface area contributed by atoms with E-state index in [0.717, 1.165) is 6.26 Å². The highest BCUT2D eigenvalue weighted by molar-refractivity contribution is 7.88. The van der Waals surface area contributed by atoms with Crippen molar-refractivity contribution >= 4 is 27.8 Å². The molecule has 0 unspecified atom stereocenters. The number of hydrogen-bond acceptors (Lipinski definition) is 8. The zero-order valence-corrected chi connectivity index (χ0v) is 14.7. The van der Waals surface area contributed by atoms with Crippen molar-refractivity contribution in [2.45, 2.75) is 6.42 Å². The Morgan fingerprint density at radius 2 is 1.84 bits per heavy atom. The third kappa shape index (κ3) is 6.27. The Labute approximate surface area is 146 Å². The number of hydrogen-bond donors (Lipinski definition) is 1. The van der Waals surface area contributed by atoms with E-state index in [9.17, 15) is 18.0 Å². The number of aromatic nitrogens is 2. The van der Waals surface area contributed by atoms with Crippen LogP contribution in [-0.4, -0.2) is 85.1 Å². The van der Waals surface area contributed by atoms with Gasteiger partial charge in [0.15, 0.2) is 6.61 Å². The molecule has 2 rings (SSSR count). The molecule has 1 fully saturated rings. The van der Waals surface area contributed by atoms with E-state index in [1.54, 1.807) is 18.5 Å². The van der Waals surface area contributed by atoms with Crippen LogP contribution >= 0.6 is 0 Å². The number of nitrogens with zero attached hydrogens (tertiary/aromatic N) is 4. The summed E-state index contributed by atoms with van der Waals surface area (Å²) >= 11 is 0. The van der Waals surface area contributed by atoms with Gasteiger partial charge in [0, 0.05) is 45.1 Å². The topological polar surface area (TPSA) is 122 Å². The predicted molar refractivity (Wildman–Crippen MR) is 89.1 cm³/mol. The summed E-state index contributed by atoms with van der Waals surface area (Å²) in [5.41, 5.74) is 0.